The molecule has 3 amide bonds. The number of fused-ring (bicyclic) bond motifs is 1. The summed E-state index contributed by atoms with van der Waals surface area (Å²) in [5.74, 6) is 3.72. The van der Waals surface area contributed by atoms with Crippen LogP contribution >= 0.6 is 0 Å². The number of unbranched alkanes of at least 4 members (excludes halogenated alkanes) is 2. The van der Waals surface area contributed by atoms with E-state index in [2.05, 4.69) is 66.0 Å². The topological polar surface area (TPSA) is 132 Å². The number of carbonyl (C=O) groups excluding carboxylic acids is 4. The normalized spacial score (nSPS) is 19.6. The summed E-state index contributed by atoms with van der Waals surface area (Å²) >= 11 is 0. The molecule has 2 aliphatic heterocycles. The highest BCUT2D eigenvalue weighted by atomic mass is 16.6. The van der Waals surface area contributed by atoms with E-state index in [9.17, 15) is 19.2 Å². The molecule has 1 aromatic carbocycles. The smallest absolute Gasteiger partial charge is 0.407 e. The van der Waals surface area contributed by atoms with Crippen LogP contribution in [0.2, 0.25) is 0 Å². The summed E-state index contributed by atoms with van der Waals surface area (Å²) in [5, 5.41) is 5.30. The minimum atomic E-state index is -0.479. The molecule has 0 spiro atoms. The molecule has 0 radical (unpaired) electrons. The van der Waals surface area contributed by atoms with Crippen LogP contribution in [0.15, 0.2) is 0 Å². The Morgan fingerprint density at radius 2 is 1.52 bits per heavy atom. The lowest BCUT2D eigenvalue weighted by Gasteiger charge is -2.38. The van der Waals surface area contributed by atoms with Crippen molar-refractivity contribution in [2.45, 2.75) is 202 Å². The fraction of sp³-hybridized carbons (Fsp3) is 0.796. The Balaban J connectivity index is 1.31. The Morgan fingerprint density at radius 1 is 0.833 bits per heavy atom. The number of benzene rings is 1. The lowest BCUT2D eigenvalue weighted by molar-refractivity contribution is -0.150. The third-order valence-corrected chi connectivity index (χ3v) is 13.0. The van der Waals surface area contributed by atoms with Gasteiger partial charge in [-0.25, -0.2) is 4.79 Å². The molecule has 60 heavy (non-hydrogen) atoms. The molecule has 2 N–H and O–H groups in total. The number of nitrogens with zero attached hydrogens (tertiary/aromatic N) is 1. The number of rotatable bonds is 27. The van der Waals surface area contributed by atoms with Gasteiger partial charge in [-0.3, -0.25) is 14.4 Å². The molecule has 0 unspecified atom stereocenters. The number of carbonyl (C=O) groups is 4. The molecule has 342 valence electrons. The van der Waals surface area contributed by atoms with E-state index >= 15 is 0 Å². The molecular weight excluding hydrogens is 759 g/mol. The van der Waals surface area contributed by atoms with Crippen LogP contribution in [0.4, 0.5) is 4.79 Å². The first kappa shape index (κ1) is 50.9. The summed E-state index contributed by atoms with van der Waals surface area (Å²) in [7, 11) is 1.53. The van der Waals surface area contributed by atoms with Gasteiger partial charge in [-0.2, -0.15) is 0 Å². The maximum Gasteiger partial charge on any atom is 0.407 e. The van der Waals surface area contributed by atoms with Crippen LogP contribution in [0.3, 0.4) is 0 Å². The van der Waals surface area contributed by atoms with Gasteiger partial charge in [0, 0.05) is 44.5 Å². The third kappa shape index (κ3) is 17.1. The molecule has 5 atom stereocenters. The van der Waals surface area contributed by atoms with Gasteiger partial charge in [0.2, 0.25) is 11.8 Å². The zero-order chi connectivity index (χ0) is 44.2. The van der Waals surface area contributed by atoms with Crippen LogP contribution in [0, 0.1) is 38.5 Å². The number of amides is 3. The zero-order valence-corrected chi connectivity index (χ0v) is 39.4. The van der Waals surface area contributed by atoms with Crippen LogP contribution in [-0.2, 0) is 30.3 Å². The molecule has 1 saturated heterocycles. The molecular formula is C49H83N3O8. The van der Waals surface area contributed by atoms with E-state index in [1.54, 1.807) is 0 Å². The monoisotopic (exact) mass is 842 g/mol. The van der Waals surface area contributed by atoms with Gasteiger partial charge in [-0.05, 0) is 107 Å². The summed E-state index contributed by atoms with van der Waals surface area (Å²) in [6.07, 6.45) is 16.9. The van der Waals surface area contributed by atoms with Crippen molar-refractivity contribution in [2.75, 3.05) is 33.4 Å². The molecule has 11 heteroatoms. The summed E-state index contributed by atoms with van der Waals surface area (Å²) in [4.78, 5) is 50.8. The SMILES string of the molecule is CC[C@@H]1C[C@@H](OC(=O)CCC(=O)NC)CN1C(=O)CCCCCNC(=O)OCCOc1c(C)c(C)c2c(c1C)CC[C@@](C)(CCC[C@H](C)CCC[C@H](C)CCCC(C)C)O2. The van der Waals surface area contributed by atoms with Crippen molar-refractivity contribution in [1.29, 1.82) is 0 Å². The van der Waals surface area contributed by atoms with Crippen LogP contribution < -0.4 is 20.1 Å². The summed E-state index contributed by atoms with van der Waals surface area (Å²) in [6, 6.07) is 0.0379. The molecule has 1 fully saturated rings. The minimum absolute atomic E-state index is 0.0268. The molecule has 3 rings (SSSR count). The Bertz CT molecular complexity index is 1510. The van der Waals surface area contributed by atoms with E-state index in [4.69, 9.17) is 18.9 Å². The number of nitrogens with one attached hydrogen (secondary N) is 2. The Labute approximate surface area is 363 Å². The van der Waals surface area contributed by atoms with E-state index in [1.165, 1.54) is 64.0 Å². The Kier molecular flexibility index (Phi) is 22.1. The van der Waals surface area contributed by atoms with Crippen molar-refractivity contribution in [3.8, 4) is 11.5 Å². The van der Waals surface area contributed by atoms with E-state index < -0.39 is 12.1 Å². The first-order valence-electron chi connectivity index (χ1n) is 23.6. The summed E-state index contributed by atoms with van der Waals surface area (Å²) < 4.78 is 24.0. The second-order valence-corrected chi connectivity index (χ2v) is 18.8. The zero-order valence-electron chi connectivity index (χ0n) is 39.4. The number of likely N-dealkylation sites (tertiary alicyclic amines) is 1. The average Bonchev–Trinajstić information content (AvgIpc) is 3.62. The van der Waals surface area contributed by atoms with Crippen molar-refractivity contribution < 1.29 is 38.1 Å². The molecule has 0 aromatic heterocycles. The highest BCUT2D eigenvalue weighted by Crippen LogP contribution is 2.45. The summed E-state index contributed by atoms with van der Waals surface area (Å²) in [6.45, 7) is 21.4. The fourth-order valence-corrected chi connectivity index (χ4v) is 8.95. The molecule has 2 heterocycles. The van der Waals surface area contributed by atoms with E-state index in [0.717, 1.165) is 84.5 Å². The van der Waals surface area contributed by atoms with E-state index in [1.807, 2.05) is 11.8 Å². The van der Waals surface area contributed by atoms with Crippen molar-refractivity contribution in [3.63, 3.8) is 0 Å². The van der Waals surface area contributed by atoms with E-state index in [-0.39, 0.29) is 55.6 Å². The molecule has 0 saturated carbocycles. The first-order chi connectivity index (χ1) is 28.6. The third-order valence-electron chi connectivity index (χ3n) is 13.0. The average molecular weight is 842 g/mol. The van der Waals surface area contributed by atoms with E-state index in [0.29, 0.717) is 32.4 Å². The van der Waals surface area contributed by atoms with Gasteiger partial charge in [0.05, 0.1) is 13.0 Å². The second-order valence-electron chi connectivity index (χ2n) is 18.8. The lowest BCUT2D eigenvalue weighted by Crippen LogP contribution is -2.37. The van der Waals surface area contributed by atoms with Gasteiger partial charge >= 0.3 is 12.1 Å². The number of ether oxygens (including phenoxy) is 4. The largest absolute Gasteiger partial charge is 0.489 e. The number of hydrogen-bond acceptors (Lipinski definition) is 8. The van der Waals surface area contributed by atoms with Crippen LogP contribution in [0.25, 0.3) is 0 Å². The van der Waals surface area contributed by atoms with Crippen molar-refractivity contribution in [1.82, 2.24) is 15.5 Å². The maximum absolute atomic E-state index is 13.0. The number of alkyl carbamates (subject to hydrolysis) is 1. The molecule has 11 nitrogen and oxygen atoms in total. The lowest BCUT2D eigenvalue weighted by atomic mass is 9.83. The Hall–Kier alpha value is -3.50. The van der Waals surface area contributed by atoms with Gasteiger partial charge in [0.1, 0.15) is 36.4 Å². The highest BCUT2D eigenvalue weighted by Gasteiger charge is 2.36. The predicted molar refractivity (Wildman–Crippen MR) is 240 cm³/mol. The molecule has 1 aromatic rings. The number of hydrogen-bond donors (Lipinski definition) is 2. The van der Waals surface area contributed by atoms with Gasteiger partial charge in [-0.15, -0.1) is 0 Å². The highest BCUT2D eigenvalue weighted by molar-refractivity contribution is 5.81. The van der Waals surface area contributed by atoms with Crippen LogP contribution in [0.5, 0.6) is 11.5 Å². The van der Waals surface area contributed by atoms with Gasteiger partial charge in [0.25, 0.3) is 0 Å². The van der Waals surface area contributed by atoms with Crippen molar-refractivity contribution in [3.05, 3.63) is 22.3 Å². The molecule has 2 aliphatic rings. The first-order valence-corrected chi connectivity index (χ1v) is 23.6. The summed E-state index contributed by atoms with van der Waals surface area (Å²) in [5.41, 5.74) is 4.37. The quantitative estimate of drug-likeness (QED) is 0.0661. The van der Waals surface area contributed by atoms with Gasteiger partial charge in [0.15, 0.2) is 0 Å². The maximum atomic E-state index is 13.0. The van der Waals surface area contributed by atoms with Crippen LogP contribution in [-0.4, -0.2) is 79.9 Å². The van der Waals surface area contributed by atoms with Crippen molar-refractivity contribution in [2.24, 2.45) is 17.8 Å². The van der Waals surface area contributed by atoms with Crippen LogP contribution in [0.1, 0.15) is 179 Å². The standard InChI is InChI=1S/C49H83N3O8/c1-11-40-32-41(59-45(55)25-24-43(53)50-10)33-52(40)44(54)23-13-12-14-29-51-48(56)58-31-30-57-46-37(6)38(7)47-42(39(46)8)26-28-49(9,60-47)27-17-22-36(5)21-16-20-35(4)19-15-18-34(2)3/h34-36,40-41H,11-33H2,1-10H3,(H,50,53)(H,51,56)/t35-,36-,40-,41-,49-/m1/s1. The fourth-order valence-electron chi connectivity index (χ4n) is 8.95. The predicted octanol–water partition coefficient (Wildman–Crippen LogP) is 10.2. The van der Waals surface area contributed by atoms with Gasteiger partial charge < -0.3 is 34.5 Å². The minimum Gasteiger partial charge on any atom is -0.489 e. The van der Waals surface area contributed by atoms with Gasteiger partial charge in [-0.1, -0.05) is 86.0 Å². The Morgan fingerprint density at radius 3 is 2.18 bits per heavy atom. The number of esters is 1. The molecule has 0 aliphatic carbocycles. The van der Waals surface area contributed by atoms with Crippen molar-refractivity contribution >= 4 is 23.9 Å². The second kappa shape index (κ2) is 26.1. The molecule has 0 bridgehead atoms.